The van der Waals surface area contributed by atoms with Gasteiger partial charge in [-0.3, -0.25) is 0 Å². The highest BCUT2D eigenvalue weighted by molar-refractivity contribution is 5.72. The van der Waals surface area contributed by atoms with Gasteiger partial charge in [-0.15, -0.1) is 5.10 Å². The van der Waals surface area contributed by atoms with Crippen LogP contribution >= 0.6 is 0 Å². The standard InChI is InChI=1S/C16H18N2O5/c1-21-11-23-15-8-13(9-17-18-15)7-14(16(19)20)22-10-12-5-3-2-4-6-12/h2-6,8-9,14H,7,10-11H2,1H3,(H,19,20). The Morgan fingerprint density at radius 1 is 1.26 bits per heavy atom. The first-order valence-corrected chi connectivity index (χ1v) is 7.00. The van der Waals surface area contributed by atoms with Gasteiger partial charge in [0.2, 0.25) is 5.88 Å². The molecule has 0 amide bonds. The molecule has 2 aromatic rings. The molecule has 0 fully saturated rings. The van der Waals surface area contributed by atoms with Crippen LogP contribution in [0, 0.1) is 0 Å². The molecule has 0 bridgehead atoms. The topological polar surface area (TPSA) is 90.8 Å². The highest BCUT2D eigenvalue weighted by Gasteiger charge is 2.19. The Bertz CT molecular complexity index is 621. The number of nitrogens with zero attached hydrogens (tertiary/aromatic N) is 2. The van der Waals surface area contributed by atoms with Crippen LogP contribution in [-0.4, -0.2) is 41.3 Å². The molecule has 1 aromatic heterocycles. The van der Waals surface area contributed by atoms with Crippen LogP contribution in [0.15, 0.2) is 42.6 Å². The third-order valence-electron chi connectivity index (χ3n) is 3.00. The molecule has 0 aliphatic rings. The molecule has 0 spiro atoms. The Hall–Kier alpha value is -2.51. The highest BCUT2D eigenvalue weighted by Crippen LogP contribution is 2.13. The molecule has 0 aliphatic heterocycles. The van der Waals surface area contributed by atoms with Gasteiger partial charge in [-0.25, -0.2) is 4.79 Å². The summed E-state index contributed by atoms with van der Waals surface area (Å²) in [5.41, 5.74) is 1.57. The van der Waals surface area contributed by atoms with Crippen LogP contribution in [0.3, 0.4) is 0 Å². The lowest BCUT2D eigenvalue weighted by Crippen LogP contribution is -2.26. The SMILES string of the molecule is COCOc1cc(CC(OCc2ccccc2)C(=O)O)cnn1. The van der Waals surface area contributed by atoms with Gasteiger partial charge in [0.25, 0.3) is 0 Å². The predicted molar refractivity (Wildman–Crippen MR) is 80.9 cm³/mol. The fourth-order valence-electron chi connectivity index (χ4n) is 1.89. The van der Waals surface area contributed by atoms with Crippen molar-refractivity contribution in [1.82, 2.24) is 10.2 Å². The fraction of sp³-hybridized carbons (Fsp3) is 0.312. The molecule has 0 saturated heterocycles. The van der Waals surface area contributed by atoms with E-state index in [-0.39, 0.29) is 25.7 Å². The maximum absolute atomic E-state index is 11.4. The van der Waals surface area contributed by atoms with Gasteiger partial charge in [0.05, 0.1) is 12.8 Å². The fourth-order valence-corrected chi connectivity index (χ4v) is 1.89. The van der Waals surface area contributed by atoms with Crippen molar-refractivity contribution in [2.24, 2.45) is 0 Å². The smallest absolute Gasteiger partial charge is 0.333 e. The van der Waals surface area contributed by atoms with Crippen LogP contribution in [0.5, 0.6) is 5.88 Å². The van der Waals surface area contributed by atoms with E-state index in [0.29, 0.717) is 5.56 Å². The summed E-state index contributed by atoms with van der Waals surface area (Å²) in [7, 11) is 1.50. The van der Waals surface area contributed by atoms with E-state index in [0.717, 1.165) is 5.56 Å². The first-order valence-electron chi connectivity index (χ1n) is 7.00. The van der Waals surface area contributed by atoms with Crippen LogP contribution in [0.4, 0.5) is 0 Å². The van der Waals surface area contributed by atoms with Crippen molar-refractivity contribution < 1.29 is 24.1 Å². The summed E-state index contributed by atoms with van der Waals surface area (Å²) in [6.45, 7) is 0.272. The first-order chi connectivity index (χ1) is 11.2. The lowest BCUT2D eigenvalue weighted by Gasteiger charge is -2.14. The predicted octanol–water partition coefficient (Wildman–Crippen LogP) is 1.67. The number of carboxylic acid groups (broad SMARTS) is 1. The van der Waals surface area contributed by atoms with Gasteiger partial charge < -0.3 is 19.3 Å². The molecule has 0 radical (unpaired) electrons. The molecule has 122 valence electrons. The van der Waals surface area contributed by atoms with E-state index in [1.165, 1.54) is 13.3 Å². The largest absolute Gasteiger partial charge is 0.479 e. The van der Waals surface area contributed by atoms with Crippen molar-refractivity contribution in [1.29, 1.82) is 0 Å². The van der Waals surface area contributed by atoms with Crippen molar-refractivity contribution in [3.8, 4) is 5.88 Å². The molecule has 1 N–H and O–H groups in total. The molecule has 23 heavy (non-hydrogen) atoms. The van der Waals surface area contributed by atoms with E-state index in [9.17, 15) is 9.90 Å². The van der Waals surface area contributed by atoms with Crippen LogP contribution in [0.1, 0.15) is 11.1 Å². The number of hydrogen-bond donors (Lipinski definition) is 1. The lowest BCUT2D eigenvalue weighted by atomic mass is 10.1. The Morgan fingerprint density at radius 2 is 2.04 bits per heavy atom. The summed E-state index contributed by atoms with van der Waals surface area (Å²) in [6, 6.07) is 11.0. The van der Waals surface area contributed by atoms with Gasteiger partial charge in [-0.2, -0.15) is 5.10 Å². The summed E-state index contributed by atoms with van der Waals surface area (Å²) in [6.07, 6.45) is 0.678. The molecule has 7 heteroatoms. The van der Waals surface area contributed by atoms with Gasteiger partial charge >= 0.3 is 5.97 Å². The maximum atomic E-state index is 11.4. The lowest BCUT2D eigenvalue weighted by molar-refractivity contribution is -0.151. The average Bonchev–Trinajstić information content (AvgIpc) is 2.58. The van der Waals surface area contributed by atoms with Crippen molar-refractivity contribution in [2.75, 3.05) is 13.9 Å². The number of aromatic nitrogens is 2. The quantitative estimate of drug-likeness (QED) is 0.703. The number of carboxylic acids is 1. The molecule has 1 aromatic carbocycles. The van der Waals surface area contributed by atoms with E-state index < -0.39 is 12.1 Å². The normalized spacial score (nSPS) is 11.9. The zero-order valence-corrected chi connectivity index (χ0v) is 12.7. The molecule has 0 aliphatic carbocycles. The van der Waals surface area contributed by atoms with Crippen molar-refractivity contribution in [3.63, 3.8) is 0 Å². The number of rotatable bonds is 9. The van der Waals surface area contributed by atoms with Crippen molar-refractivity contribution >= 4 is 5.97 Å². The Kier molecular flexibility index (Phi) is 6.46. The molecule has 1 heterocycles. The highest BCUT2D eigenvalue weighted by atomic mass is 16.7. The second-order valence-electron chi connectivity index (χ2n) is 4.78. The van der Waals surface area contributed by atoms with E-state index in [4.69, 9.17) is 14.2 Å². The minimum Gasteiger partial charge on any atom is -0.479 e. The summed E-state index contributed by atoms with van der Waals surface area (Å²) >= 11 is 0. The third-order valence-corrected chi connectivity index (χ3v) is 3.00. The van der Waals surface area contributed by atoms with E-state index >= 15 is 0 Å². The van der Waals surface area contributed by atoms with Gasteiger partial charge in [0, 0.05) is 19.6 Å². The van der Waals surface area contributed by atoms with Gasteiger partial charge in [-0.05, 0) is 11.1 Å². The minimum atomic E-state index is -1.03. The van der Waals surface area contributed by atoms with Crippen LogP contribution in [-0.2, 0) is 27.3 Å². The number of methoxy groups -OCH3 is 1. The van der Waals surface area contributed by atoms with Gasteiger partial charge in [-0.1, -0.05) is 30.3 Å². The number of hydrogen-bond acceptors (Lipinski definition) is 6. The number of benzene rings is 1. The molecule has 1 atom stereocenters. The van der Waals surface area contributed by atoms with E-state index in [1.54, 1.807) is 6.07 Å². The summed E-state index contributed by atoms with van der Waals surface area (Å²) in [5, 5.41) is 16.9. The Labute approximate surface area is 133 Å². The van der Waals surface area contributed by atoms with Crippen molar-refractivity contribution in [2.45, 2.75) is 19.1 Å². The van der Waals surface area contributed by atoms with E-state index in [1.807, 2.05) is 30.3 Å². The average molecular weight is 318 g/mol. The van der Waals surface area contributed by atoms with E-state index in [2.05, 4.69) is 10.2 Å². The molecular formula is C16H18N2O5. The zero-order valence-electron chi connectivity index (χ0n) is 12.7. The monoisotopic (exact) mass is 318 g/mol. The van der Waals surface area contributed by atoms with Crippen LogP contribution in [0.25, 0.3) is 0 Å². The van der Waals surface area contributed by atoms with Crippen molar-refractivity contribution in [3.05, 3.63) is 53.7 Å². The number of carbonyl (C=O) groups is 1. The minimum absolute atomic E-state index is 0.0466. The van der Waals surface area contributed by atoms with Crippen LogP contribution < -0.4 is 4.74 Å². The number of ether oxygens (including phenoxy) is 3. The molecule has 0 saturated carbocycles. The molecule has 1 unspecified atom stereocenters. The van der Waals surface area contributed by atoms with Gasteiger partial charge in [0.1, 0.15) is 0 Å². The second kappa shape index (κ2) is 8.82. The molecule has 2 rings (SSSR count). The zero-order chi connectivity index (χ0) is 16.5. The third kappa shape index (κ3) is 5.65. The molecule has 7 nitrogen and oxygen atoms in total. The summed E-state index contributed by atoms with van der Waals surface area (Å²) < 4.78 is 15.5. The molecular weight excluding hydrogens is 300 g/mol. The Morgan fingerprint density at radius 3 is 2.74 bits per heavy atom. The van der Waals surface area contributed by atoms with Crippen LogP contribution in [0.2, 0.25) is 0 Å². The first kappa shape index (κ1) is 16.9. The van der Waals surface area contributed by atoms with Gasteiger partial charge in [0.15, 0.2) is 12.9 Å². The number of aliphatic carboxylic acids is 1. The maximum Gasteiger partial charge on any atom is 0.333 e. The second-order valence-corrected chi connectivity index (χ2v) is 4.78. The summed E-state index contributed by atoms with van der Waals surface area (Å²) in [4.78, 5) is 11.4. The Balaban J connectivity index is 1.97. The summed E-state index contributed by atoms with van der Waals surface area (Å²) in [5.74, 6) is -0.756.